The van der Waals surface area contributed by atoms with Crippen LogP contribution in [0.4, 0.5) is 5.69 Å². The molecule has 4 aromatic rings. The minimum absolute atomic E-state index is 0.00599. The molecule has 2 heterocycles. The summed E-state index contributed by atoms with van der Waals surface area (Å²) in [5.74, 6) is 0.278. The highest BCUT2D eigenvalue weighted by Gasteiger charge is 2.10. The quantitative estimate of drug-likeness (QED) is 0.271. The molecule has 0 aliphatic rings. The number of nitrogens with zero attached hydrogens (tertiary/aromatic N) is 3. The van der Waals surface area contributed by atoms with Gasteiger partial charge in [0, 0.05) is 17.8 Å². The van der Waals surface area contributed by atoms with Crippen LogP contribution in [0, 0.1) is 10.1 Å². The van der Waals surface area contributed by atoms with Gasteiger partial charge in [-0.1, -0.05) is 12.1 Å². The second kappa shape index (κ2) is 8.04. The maximum Gasteiger partial charge on any atom is 0.337 e. The van der Waals surface area contributed by atoms with Crippen LogP contribution in [0.25, 0.3) is 16.9 Å². The van der Waals surface area contributed by atoms with E-state index >= 15 is 0 Å². The van der Waals surface area contributed by atoms with Gasteiger partial charge >= 0.3 is 5.97 Å². The summed E-state index contributed by atoms with van der Waals surface area (Å²) in [5.41, 5.74) is 3.52. The molecule has 0 bridgehead atoms. The summed E-state index contributed by atoms with van der Waals surface area (Å²) in [5, 5.41) is 10.9. The molecule has 0 aliphatic heterocycles. The number of imidazole rings is 1. The summed E-state index contributed by atoms with van der Waals surface area (Å²) >= 11 is 0. The van der Waals surface area contributed by atoms with Gasteiger partial charge in [0.2, 0.25) is 0 Å². The van der Waals surface area contributed by atoms with Gasteiger partial charge in [-0.25, -0.2) is 9.78 Å². The monoisotopic (exact) mass is 403 g/mol. The molecule has 30 heavy (non-hydrogen) atoms. The second-order valence-corrected chi connectivity index (χ2v) is 6.54. The SMILES string of the molecule is COC(=O)c1cccc(COc2ccc(-c3cn4cc([N+](=O)[O-])ccc4n3)cc2)c1. The molecular formula is C22H17N3O5. The van der Waals surface area contributed by atoms with Crippen LogP contribution >= 0.6 is 0 Å². The van der Waals surface area contributed by atoms with E-state index in [4.69, 9.17) is 9.47 Å². The average molecular weight is 403 g/mol. The van der Waals surface area contributed by atoms with Crippen molar-refractivity contribution in [3.8, 4) is 17.0 Å². The number of fused-ring (bicyclic) bond motifs is 1. The van der Waals surface area contributed by atoms with Crippen molar-refractivity contribution in [3.63, 3.8) is 0 Å². The summed E-state index contributed by atoms with van der Waals surface area (Å²) in [7, 11) is 1.34. The molecule has 0 radical (unpaired) electrons. The van der Waals surface area contributed by atoms with Gasteiger partial charge in [-0.05, 0) is 48.0 Å². The van der Waals surface area contributed by atoms with Gasteiger partial charge in [-0.15, -0.1) is 0 Å². The number of carbonyl (C=O) groups is 1. The Kier molecular flexibility index (Phi) is 5.13. The molecule has 0 saturated heterocycles. The van der Waals surface area contributed by atoms with Crippen LogP contribution in [0.2, 0.25) is 0 Å². The summed E-state index contributed by atoms with van der Waals surface area (Å²) in [6.07, 6.45) is 3.18. The van der Waals surface area contributed by atoms with Crippen molar-refractivity contribution in [2.24, 2.45) is 0 Å². The number of rotatable bonds is 6. The smallest absolute Gasteiger partial charge is 0.337 e. The lowest BCUT2D eigenvalue weighted by molar-refractivity contribution is -0.385. The van der Waals surface area contributed by atoms with Crippen LogP contribution < -0.4 is 4.74 Å². The lowest BCUT2D eigenvalue weighted by Crippen LogP contribution is -2.03. The molecule has 0 atom stereocenters. The summed E-state index contributed by atoms with van der Waals surface area (Å²) in [4.78, 5) is 26.6. The number of hydrogen-bond acceptors (Lipinski definition) is 6. The van der Waals surface area contributed by atoms with Gasteiger partial charge in [0.05, 0.1) is 29.5 Å². The number of carbonyl (C=O) groups excluding carboxylic acids is 1. The molecule has 0 aliphatic carbocycles. The molecule has 0 spiro atoms. The number of pyridine rings is 1. The highest BCUT2D eigenvalue weighted by molar-refractivity contribution is 5.89. The first kappa shape index (κ1) is 19.1. The Labute approximate surface area is 171 Å². The zero-order valence-electron chi connectivity index (χ0n) is 16.0. The zero-order valence-corrected chi connectivity index (χ0v) is 16.0. The highest BCUT2D eigenvalue weighted by Crippen LogP contribution is 2.24. The Morgan fingerprint density at radius 3 is 2.63 bits per heavy atom. The van der Waals surface area contributed by atoms with Crippen LogP contribution in [-0.2, 0) is 11.3 Å². The number of benzene rings is 2. The van der Waals surface area contributed by atoms with E-state index in [9.17, 15) is 14.9 Å². The standard InChI is InChI=1S/C22H17N3O5/c1-29-22(26)17-4-2-3-15(11-17)14-30-19-8-5-16(6-9-19)20-13-24-12-18(25(27)28)7-10-21(24)23-20/h2-13H,14H2,1H3. The van der Waals surface area contributed by atoms with E-state index in [2.05, 4.69) is 4.98 Å². The van der Waals surface area contributed by atoms with Gasteiger partial charge in [-0.2, -0.15) is 0 Å². The lowest BCUT2D eigenvalue weighted by Gasteiger charge is -2.08. The number of nitro groups is 1. The number of aromatic nitrogens is 2. The molecule has 4 rings (SSSR count). The fraction of sp³-hybridized carbons (Fsp3) is 0.0909. The lowest BCUT2D eigenvalue weighted by atomic mass is 10.1. The summed E-state index contributed by atoms with van der Waals surface area (Å²) < 4.78 is 12.2. The van der Waals surface area contributed by atoms with Gasteiger partial charge in [-0.3, -0.25) is 14.5 Å². The van der Waals surface area contributed by atoms with E-state index in [-0.39, 0.29) is 11.7 Å². The Morgan fingerprint density at radius 2 is 1.90 bits per heavy atom. The van der Waals surface area contributed by atoms with Gasteiger partial charge in [0.15, 0.2) is 0 Å². The maximum absolute atomic E-state index is 11.6. The number of methoxy groups -OCH3 is 1. The molecule has 0 fully saturated rings. The number of ether oxygens (including phenoxy) is 2. The first-order chi connectivity index (χ1) is 14.5. The van der Waals surface area contributed by atoms with Crippen LogP contribution in [0.15, 0.2) is 73.1 Å². The molecule has 2 aromatic carbocycles. The van der Waals surface area contributed by atoms with Crippen molar-refractivity contribution < 1.29 is 19.2 Å². The second-order valence-electron chi connectivity index (χ2n) is 6.54. The normalized spacial score (nSPS) is 10.7. The van der Waals surface area contributed by atoms with E-state index in [1.165, 1.54) is 19.4 Å². The zero-order chi connectivity index (χ0) is 21.1. The number of hydrogen-bond donors (Lipinski definition) is 0. The molecule has 8 nitrogen and oxygen atoms in total. The molecule has 8 heteroatoms. The van der Waals surface area contributed by atoms with Crippen molar-refractivity contribution in [3.05, 3.63) is 94.3 Å². The topological polar surface area (TPSA) is 96.0 Å². The Morgan fingerprint density at radius 1 is 1.10 bits per heavy atom. The molecule has 150 valence electrons. The minimum Gasteiger partial charge on any atom is -0.489 e. The fourth-order valence-corrected chi connectivity index (χ4v) is 3.02. The van der Waals surface area contributed by atoms with Gasteiger partial charge in [0.25, 0.3) is 5.69 Å². The van der Waals surface area contributed by atoms with Crippen LogP contribution in [0.5, 0.6) is 5.75 Å². The van der Waals surface area contributed by atoms with Gasteiger partial charge < -0.3 is 9.47 Å². The Balaban J connectivity index is 1.47. The van der Waals surface area contributed by atoms with Crippen molar-refractivity contribution in [1.82, 2.24) is 9.38 Å². The Bertz CT molecular complexity index is 1230. The van der Waals surface area contributed by atoms with Crippen LogP contribution in [0.1, 0.15) is 15.9 Å². The Hall–Kier alpha value is -4.20. The molecule has 0 N–H and O–H groups in total. The first-order valence-electron chi connectivity index (χ1n) is 9.07. The van der Waals surface area contributed by atoms with Crippen LogP contribution in [-0.4, -0.2) is 27.4 Å². The fourth-order valence-electron chi connectivity index (χ4n) is 3.02. The van der Waals surface area contributed by atoms with Crippen molar-refractivity contribution >= 4 is 17.3 Å². The highest BCUT2D eigenvalue weighted by atomic mass is 16.6. The predicted octanol–water partition coefficient (Wildman–Crippen LogP) is 4.28. The molecular weight excluding hydrogens is 386 g/mol. The van der Waals surface area contributed by atoms with E-state index < -0.39 is 4.92 Å². The largest absolute Gasteiger partial charge is 0.489 e. The third-order valence-corrected chi connectivity index (χ3v) is 4.55. The van der Waals surface area contributed by atoms with Crippen molar-refractivity contribution in [2.75, 3.05) is 7.11 Å². The van der Waals surface area contributed by atoms with Crippen molar-refractivity contribution in [2.45, 2.75) is 6.61 Å². The van der Waals surface area contributed by atoms with E-state index in [0.29, 0.717) is 29.3 Å². The first-order valence-corrected chi connectivity index (χ1v) is 9.07. The third-order valence-electron chi connectivity index (χ3n) is 4.55. The van der Waals surface area contributed by atoms with E-state index in [1.54, 1.807) is 34.9 Å². The number of esters is 1. The van der Waals surface area contributed by atoms with Crippen LogP contribution in [0.3, 0.4) is 0 Å². The average Bonchev–Trinajstić information content (AvgIpc) is 3.21. The maximum atomic E-state index is 11.6. The van der Waals surface area contributed by atoms with Crippen molar-refractivity contribution in [1.29, 1.82) is 0 Å². The molecule has 2 aromatic heterocycles. The van der Waals surface area contributed by atoms with E-state index in [1.807, 2.05) is 30.3 Å². The molecule has 0 amide bonds. The third kappa shape index (κ3) is 3.97. The van der Waals surface area contributed by atoms with Gasteiger partial charge in [0.1, 0.15) is 18.0 Å². The molecule has 0 unspecified atom stereocenters. The summed E-state index contributed by atoms with van der Waals surface area (Å²) in [6, 6.07) is 17.5. The minimum atomic E-state index is -0.438. The summed E-state index contributed by atoms with van der Waals surface area (Å²) in [6.45, 7) is 0.308. The molecule has 0 saturated carbocycles. The van der Waals surface area contributed by atoms with E-state index in [0.717, 1.165) is 11.1 Å². The predicted molar refractivity (Wildman–Crippen MR) is 109 cm³/mol.